The number of carbonyl (C=O) groups is 1. The number of benzene rings is 1. The van der Waals surface area contributed by atoms with Gasteiger partial charge in [-0.25, -0.2) is 9.37 Å². The predicted octanol–water partition coefficient (Wildman–Crippen LogP) is 2.44. The molecule has 0 spiro atoms. The molecule has 6 heteroatoms. The molecule has 0 amide bonds. The lowest BCUT2D eigenvalue weighted by atomic mass is 10.0. The SMILES string of the molecule is CC(=O)c1c(C)nc2ncnn2c1-c1cccc(F)c1. The number of Topliss-reactive ketones (excluding diaryl/α,β-unsaturated/α-hetero) is 1. The van der Waals surface area contributed by atoms with Gasteiger partial charge in [0, 0.05) is 5.56 Å². The van der Waals surface area contributed by atoms with Crippen molar-refractivity contribution < 1.29 is 9.18 Å². The van der Waals surface area contributed by atoms with E-state index in [0.717, 1.165) is 0 Å². The van der Waals surface area contributed by atoms with Crippen LogP contribution in [0.1, 0.15) is 23.0 Å². The Kier molecular flexibility index (Phi) is 2.78. The van der Waals surface area contributed by atoms with Gasteiger partial charge in [0.2, 0.25) is 0 Å². The van der Waals surface area contributed by atoms with Crippen LogP contribution in [0, 0.1) is 12.7 Å². The van der Waals surface area contributed by atoms with E-state index in [4.69, 9.17) is 0 Å². The molecule has 0 atom stereocenters. The lowest BCUT2D eigenvalue weighted by Crippen LogP contribution is -2.09. The third kappa shape index (κ3) is 1.85. The highest BCUT2D eigenvalue weighted by Crippen LogP contribution is 2.26. The second kappa shape index (κ2) is 4.48. The molecule has 3 aromatic rings. The van der Waals surface area contributed by atoms with Gasteiger partial charge in [0.25, 0.3) is 5.78 Å². The van der Waals surface area contributed by atoms with Gasteiger partial charge < -0.3 is 0 Å². The van der Waals surface area contributed by atoms with E-state index in [1.807, 2.05) is 0 Å². The van der Waals surface area contributed by atoms with E-state index in [9.17, 15) is 9.18 Å². The van der Waals surface area contributed by atoms with Crippen molar-refractivity contribution >= 4 is 11.6 Å². The van der Waals surface area contributed by atoms with Crippen molar-refractivity contribution in [3.05, 3.63) is 47.7 Å². The molecule has 100 valence electrons. The average molecular weight is 270 g/mol. The van der Waals surface area contributed by atoms with Crippen LogP contribution in [0.3, 0.4) is 0 Å². The number of halogens is 1. The molecule has 0 unspecified atom stereocenters. The number of nitrogens with zero attached hydrogens (tertiary/aromatic N) is 4. The molecule has 0 fully saturated rings. The maximum absolute atomic E-state index is 13.5. The minimum atomic E-state index is -0.375. The molecule has 2 aromatic heterocycles. The first-order chi connectivity index (χ1) is 9.58. The first-order valence-electron chi connectivity index (χ1n) is 6.05. The second-order valence-corrected chi connectivity index (χ2v) is 4.46. The molecule has 0 radical (unpaired) electrons. The first-order valence-corrected chi connectivity index (χ1v) is 6.05. The van der Waals surface area contributed by atoms with Crippen LogP contribution in [0.25, 0.3) is 17.0 Å². The lowest BCUT2D eigenvalue weighted by Gasteiger charge is -2.11. The van der Waals surface area contributed by atoms with Crippen LogP contribution < -0.4 is 0 Å². The predicted molar refractivity (Wildman–Crippen MR) is 70.9 cm³/mol. The molecule has 5 nitrogen and oxygen atoms in total. The number of aromatic nitrogens is 4. The molecule has 2 heterocycles. The van der Waals surface area contributed by atoms with Crippen molar-refractivity contribution in [2.75, 3.05) is 0 Å². The smallest absolute Gasteiger partial charge is 0.252 e. The van der Waals surface area contributed by atoms with Crippen molar-refractivity contribution in [2.45, 2.75) is 13.8 Å². The van der Waals surface area contributed by atoms with E-state index in [1.165, 1.54) is 29.9 Å². The maximum Gasteiger partial charge on any atom is 0.252 e. The Morgan fingerprint density at radius 2 is 2.15 bits per heavy atom. The fraction of sp³-hybridized carbons (Fsp3) is 0.143. The summed E-state index contributed by atoms with van der Waals surface area (Å²) >= 11 is 0. The molecule has 0 aliphatic heterocycles. The van der Waals surface area contributed by atoms with E-state index < -0.39 is 0 Å². The molecule has 3 rings (SSSR count). The summed E-state index contributed by atoms with van der Waals surface area (Å²) in [5.74, 6) is -0.141. The summed E-state index contributed by atoms with van der Waals surface area (Å²) in [7, 11) is 0. The Bertz CT molecular complexity index is 825. The summed E-state index contributed by atoms with van der Waals surface area (Å²) in [5, 5.41) is 4.08. The zero-order valence-electron chi connectivity index (χ0n) is 11.0. The van der Waals surface area contributed by atoms with Crippen molar-refractivity contribution in [3.63, 3.8) is 0 Å². The zero-order chi connectivity index (χ0) is 14.3. The fourth-order valence-corrected chi connectivity index (χ4v) is 2.28. The van der Waals surface area contributed by atoms with E-state index in [-0.39, 0.29) is 11.6 Å². The second-order valence-electron chi connectivity index (χ2n) is 4.46. The Balaban J connectivity index is 2.45. The molecule has 0 saturated carbocycles. The average Bonchev–Trinajstić information content (AvgIpc) is 2.84. The third-order valence-electron chi connectivity index (χ3n) is 3.06. The number of fused-ring (bicyclic) bond motifs is 1. The number of rotatable bonds is 2. The largest absolute Gasteiger partial charge is 0.294 e. The zero-order valence-corrected chi connectivity index (χ0v) is 11.0. The molecule has 0 N–H and O–H groups in total. The van der Waals surface area contributed by atoms with Gasteiger partial charge in [-0.3, -0.25) is 4.79 Å². The molecular weight excluding hydrogens is 259 g/mol. The Labute approximate surface area is 114 Å². The van der Waals surface area contributed by atoms with Crippen LogP contribution >= 0.6 is 0 Å². The minimum Gasteiger partial charge on any atom is -0.294 e. The highest BCUT2D eigenvalue weighted by Gasteiger charge is 2.19. The fourth-order valence-electron chi connectivity index (χ4n) is 2.28. The third-order valence-corrected chi connectivity index (χ3v) is 3.06. The summed E-state index contributed by atoms with van der Waals surface area (Å²) in [6.45, 7) is 3.18. The van der Waals surface area contributed by atoms with Crippen molar-refractivity contribution in [3.8, 4) is 11.3 Å². The Morgan fingerprint density at radius 1 is 1.35 bits per heavy atom. The van der Waals surface area contributed by atoms with Gasteiger partial charge in [0.15, 0.2) is 5.78 Å². The Morgan fingerprint density at radius 3 is 2.85 bits per heavy atom. The van der Waals surface area contributed by atoms with Gasteiger partial charge in [-0.15, -0.1) is 0 Å². The van der Waals surface area contributed by atoms with Crippen LogP contribution in [0.2, 0.25) is 0 Å². The Hall–Kier alpha value is -2.63. The molecule has 0 saturated heterocycles. The normalized spacial score (nSPS) is 10.9. The molecular formula is C14H11FN4O. The highest BCUT2D eigenvalue weighted by atomic mass is 19.1. The van der Waals surface area contributed by atoms with E-state index in [1.54, 1.807) is 19.1 Å². The van der Waals surface area contributed by atoms with Crippen LogP contribution in [-0.2, 0) is 0 Å². The van der Waals surface area contributed by atoms with Crippen LogP contribution in [-0.4, -0.2) is 25.4 Å². The van der Waals surface area contributed by atoms with Gasteiger partial charge in [-0.2, -0.15) is 14.6 Å². The monoisotopic (exact) mass is 270 g/mol. The van der Waals surface area contributed by atoms with Crippen LogP contribution in [0.5, 0.6) is 0 Å². The maximum atomic E-state index is 13.5. The summed E-state index contributed by atoms with van der Waals surface area (Å²) in [6.07, 6.45) is 1.36. The number of aryl methyl sites for hydroxylation is 1. The van der Waals surface area contributed by atoms with Crippen LogP contribution in [0.4, 0.5) is 4.39 Å². The van der Waals surface area contributed by atoms with Crippen molar-refractivity contribution in [2.24, 2.45) is 0 Å². The highest BCUT2D eigenvalue weighted by molar-refractivity contribution is 6.01. The van der Waals surface area contributed by atoms with Crippen LogP contribution in [0.15, 0.2) is 30.6 Å². The summed E-state index contributed by atoms with van der Waals surface area (Å²) in [5.41, 5.74) is 2.05. The van der Waals surface area contributed by atoms with Gasteiger partial charge in [0.05, 0.1) is 17.0 Å². The standard InChI is InChI=1S/C14H11FN4O/c1-8-12(9(2)20)13(10-4-3-5-11(15)6-10)19-14(18-8)16-7-17-19/h3-7H,1-2H3. The summed E-state index contributed by atoms with van der Waals surface area (Å²) < 4.78 is 14.9. The summed E-state index contributed by atoms with van der Waals surface area (Å²) in [6, 6.07) is 6.03. The van der Waals surface area contributed by atoms with Gasteiger partial charge in [0.1, 0.15) is 12.1 Å². The number of hydrogen-bond acceptors (Lipinski definition) is 4. The van der Waals surface area contributed by atoms with Crippen molar-refractivity contribution in [1.29, 1.82) is 0 Å². The molecule has 0 bridgehead atoms. The molecule has 0 aliphatic carbocycles. The van der Waals surface area contributed by atoms with E-state index >= 15 is 0 Å². The van der Waals surface area contributed by atoms with E-state index in [2.05, 4.69) is 15.1 Å². The molecule has 0 aliphatic rings. The number of carbonyl (C=O) groups excluding carboxylic acids is 1. The lowest BCUT2D eigenvalue weighted by molar-refractivity contribution is 0.101. The topological polar surface area (TPSA) is 60.2 Å². The van der Waals surface area contributed by atoms with Gasteiger partial charge >= 0.3 is 0 Å². The minimum absolute atomic E-state index is 0.147. The van der Waals surface area contributed by atoms with Crippen molar-refractivity contribution in [1.82, 2.24) is 19.6 Å². The summed E-state index contributed by atoms with van der Waals surface area (Å²) in [4.78, 5) is 20.2. The van der Waals surface area contributed by atoms with E-state index in [0.29, 0.717) is 28.3 Å². The quantitative estimate of drug-likeness (QED) is 0.671. The number of hydrogen-bond donors (Lipinski definition) is 0. The number of ketones is 1. The molecule has 1 aromatic carbocycles. The first kappa shape index (κ1) is 12.4. The van der Waals surface area contributed by atoms with Gasteiger partial charge in [-0.1, -0.05) is 12.1 Å². The van der Waals surface area contributed by atoms with Gasteiger partial charge in [-0.05, 0) is 26.0 Å². The molecule has 20 heavy (non-hydrogen) atoms.